The lowest BCUT2D eigenvalue weighted by Crippen LogP contribution is -2.48. The highest BCUT2D eigenvalue weighted by Gasteiger charge is 2.22. The number of amides is 2. The van der Waals surface area contributed by atoms with Crippen molar-refractivity contribution in [3.63, 3.8) is 0 Å². The van der Waals surface area contributed by atoms with Crippen LogP contribution in [0.5, 0.6) is 11.5 Å². The van der Waals surface area contributed by atoms with Gasteiger partial charge >= 0.3 is 0 Å². The SMILES string of the molecule is CC1CN(C(=O)CNC(=O)c2ccc3c(c2)OCO3)CCO1. The van der Waals surface area contributed by atoms with Gasteiger partial charge < -0.3 is 24.4 Å². The average Bonchev–Trinajstić information content (AvgIpc) is 2.99. The Bertz CT molecular complexity index is 589. The summed E-state index contributed by atoms with van der Waals surface area (Å²) in [4.78, 5) is 25.9. The number of hydrogen-bond donors (Lipinski definition) is 1. The minimum Gasteiger partial charge on any atom is -0.454 e. The molecule has 118 valence electrons. The second-order valence-corrected chi connectivity index (χ2v) is 5.27. The molecule has 3 rings (SSSR count). The molecular weight excluding hydrogens is 288 g/mol. The average molecular weight is 306 g/mol. The van der Waals surface area contributed by atoms with Gasteiger partial charge in [-0.3, -0.25) is 9.59 Å². The van der Waals surface area contributed by atoms with E-state index in [2.05, 4.69) is 5.32 Å². The largest absolute Gasteiger partial charge is 0.454 e. The van der Waals surface area contributed by atoms with Crippen molar-refractivity contribution in [1.82, 2.24) is 10.2 Å². The maximum Gasteiger partial charge on any atom is 0.251 e. The molecule has 22 heavy (non-hydrogen) atoms. The molecule has 2 aliphatic rings. The number of rotatable bonds is 3. The van der Waals surface area contributed by atoms with Crippen LogP contribution >= 0.6 is 0 Å². The molecule has 0 saturated carbocycles. The summed E-state index contributed by atoms with van der Waals surface area (Å²) >= 11 is 0. The van der Waals surface area contributed by atoms with Gasteiger partial charge in [0.15, 0.2) is 11.5 Å². The summed E-state index contributed by atoms with van der Waals surface area (Å²) in [5.41, 5.74) is 0.437. The fourth-order valence-electron chi connectivity index (χ4n) is 2.45. The van der Waals surface area contributed by atoms with E-state index in [1.165, 1.54) is 0 Å². The number of nitrogens with zero attached hydrogens (tertiary/aromatic N) is 1. The van der Waals surface area contributed by atoms with E-state index in [0.717, 1.165) is 0 Å². The van der Waals surface area contributed by atoms with Gasteiger partial charge in [-0.2, -0.15) is 0 Å². The maximum absolute atomic E-state index is 12.1. The van der Waals surface area contributed by atoms with Gasteiger partial charge in [0.25, 0.3) is 5.91 Å². The van der Waals surface area contributed by atoms with Gasteiger partial charge in [0.1, 0.15) is 0 Å². The van der Waals surface area contributed by atoms with Crippen LogP contribution in [0, 0.1) is 0 Å². The molecule has 0 aromatic heterocycles. The van der Waals surface area contributed by atoms with Crippen LogP contribution in [0.1, 0.15) is 17.3 Å². The summed E-state index contributed by atoms with van der Waals surface area (Å²) in [6, 6.07) is 4.94. The van der Waals surface area contributed by atoms with Crippen molar-refractivity contribution in [2.45, 2.75) is 13.0 Å². The normalized spacial score (nSPS) is 19.9. The van der Waals surface area contributed by atoms with E-state index < -0.39 is 0 Å². The third-order valence-electron chi connectivity index (χ3n) is 3.63. The van der Waals surface area contributed by atoms with Crippen LogP contribution < -0.4 is 14.8 Å². The van der Waals surface area contributed by atoms with Crippen molar-refractivity contribution in [1.29, 1.82) is 0 Å². The van der Waals surface area contributed by atoms with E-state index in [1.807, 2.05) is 6.92 Å². The zero-order valence-electron chi connectivity index (χ0n) is 12.3. The second kappa shape index (κ2) is 6.23. The van der Waals surface area contributed by atoms with E-state index >= 15 is 0 Å². The third-order valence-corrected chi connectivity index (χ3v) is 3.63. The third kappa shape index (κ3) is 3.14. The second-order valence-electron chi connectivity index (χ2n) is 5.27. The number of carbonyl (C=O) groups is 2. The molecule has 1 atom stereocenters. The number of ether oxygens (including phenoxy) is 3. The molecule has 0 aliphatic carbocycles. The quantitative estimate of drug-likeness (QED) is 0.874. The maximum atomic E-state index is 12.1. The van der Waals surface area contributed by atoms with E-state index in [1.54, 1.807) is 23.1 Å². The topological polar surface area (TPSA) is 77.1 Å². The van der Waals surface area contributed by atoms with Crippen LogP contribution in [0.25, 0.3) is 0 Å². The first kappa shape index (κ1) is 14.6. The molecule has 2 amide bonds. The number of hydrogen-bond acceptors (Lipinski definition) is 5. The van der Waals surface area contributed by atoms with Gasteiger partial charge in [0.05, 0.1) is 19.3 Å². The van der Waals surface area contributed by atoms with Gasteiger partial charge in [0.2, 0.25) is 12.7 Å². The lowest BCUT2D eigenvalue weighted by molar-refractivity contribution is -0.137. The highest BCUT2D eigenvalue weighted by Crippen LogP contribution is 2.32. The number of carbonyl (C=O) groups excluding carboxylic acids is 2. The predicted molar refractivity (Wildman–Crippen MR) is 76.9 cm³/mol. The Balaban J connectivity index is 1.54. The monoisotopic (exact) mass is 306 g/mol. The molecule has 1 aromatic rings. The fraction of sp³-hybridized carbons (Fsp3) is 0.467. The van der Waals surface area contributed by atoms with E-state index in [0.29, 0.717) is 36.8 Å². The van der Waals surface area contributed by atoms with Crippen molar-refractivity contribution in [3.8, 4) is 11.5 Å². The minimum absolute atomic E-state index is 0.0278. The van der Waals surface area contributed by atoms with E-state index in [-0.39, 0.29) is 31.3 Å². The van der Waals surface area contributed by atoms with Crippen LogP contribution in [0.4, 0.5) is 0 Å². The van der Waals surface area contributed by atoms with Crippen LogP contribution in [-0.2, 0) is 9.53 Å². The molecule has 1 fully saturated rings. The highest BCUT2D eigenvalue weighted by molar-refractivity contribution is 5.97. The molecule has 2 aliphatic heterocycles. The molecular formula is C15H18N2O5. The predicted octanol–water partition coefficient (Wildman–Crippen LogP) is 0.392. The summed E-state index contributed by atoms with van der Waals surface area (Å²) in [6.45, 7) is 3.70. The number of fused-ring (bicyclic) bond motifs is 1. The summed E-state index contributed by atoms with van der Waals surface area (Å²) in [6.07, 6.45) is 0.0299. The Morgan fingerprint density at radius 3 is 2.95 bits per heavy atom. The Hall–Kier alpha value is -2.28. The molecule has 0 bridgehead atoms. The zero-order chi connectivity index (χ0) is 15.5. The summed E-state index contributed by atoms with van der Waals surface area (Å²) < 4.78 is 15.8. The molecule has 0 radical (unpaired) electrons. The standard InChI is InChI=1S/C15H18N2O5/c1-10-8-17(4-5-20-10)14(18)7-16-15(19)11-2-3-12-13(6-11)22-9-21-12/h2-3,6,10H,4-5,7-9H2,1H3,(H,16,19). The number of benzene rings is 1. The zero-order valence-corrected chi connectivity index (χ0v) is 12.3. The Labute approximate surface area is 128 Å². The molecule has 7 nitrogen and oxygen atoms in total. The van der Waals surface area contributed by atoms with Crippen molar-refractivity contribution in [2.75, 3.05) is 33.0 Å². The minimum atomic E-state index is -0.312. The molecule has 2 heterocycles. The number of morpholine rings is 1. The first-order chi connectivity index (χ1) is 10.6. The fourth-order valence-corrected chi connectivity index (χ4v) is 2.45. The van der Waals surface area contributed by atoms with Crippen LogP contribution in [0.2, 0.25) is 0 Å². The Morgan fingerprint density at radius 2 is 2.14 bits per heavy atom. The van der Waals surface area contributed by atoms with Crippen molar-refractivity contribution >= 4 is 11.8 Å². The highest BCUT2D eigenvalue weighted by atomic mass is 16.7. The van der Waals surface area contributed by atoms with Crippen molar-refractivity contribution in [3.05, 3.63) is 23.8 Å². The first-order valence-corrected chi connectivity index (χ1v) is 7.21. The van der Waals surface area contributed by atoms with Crippen LogP contribution in [0.15, 0.2) is 18.2 Å². The van der Waals surface area contributed by atoms with Crippen LogP contribution in [0.3, 0.4) is 0 Å². The van der Waals surface area contributed by atoms with Gasteiger partial charge in [-0.25, -0.2) is 0 Å². The summed E-state index contributed by atoms with van der Waals surface area (Å²) in [5.74, 6) is 0.744. The lowest BCUT2D eigenvalue weighted by atomic mass is 10.2. The summed E-state index contributed by atoms with van der Waals surface area (Å²) in [5, 5.41) is 2.63. The molecule has 1 N–H and O–H groups in total. The summed E-state index contributed by atoms with van der Waals surface area (Å²) in [7, 11) is 0. The smallest absolute Gasteiger partial charge is 0.251 e. The number of nitrogens with one attached hydrogen (secondary N) is 1. The molecule has 1 aromatic carbocycles. The molecule has 1 unspecified atom stereocenters. The van der Waals surface area contributed by atoms with Gasteiger partial charge in [-0.1, -0.05) is 0 Å². The van der Waals surface area contributed by atoms with Crippen LogP contribution in [-0.4, -0.2) is 55.9 Å². The first-order valence-electron chi connectivity index (χ1n) is 7.21. The van der Waals surface area contributed by atoms with Gasteiger partial charge in [0, 0.05) is 18.7 Å². The van der Waals surface area contributed by atoms with Crippen molar-refractivity contribution in [2.24, 2.45) is 0 Å². The van der Waals surface area contributed by atoms with Crippen molar-refractivity contribution < 1.29 is 23.8 Å². The molecule has 1 saturated heterocycles. The van der Waals surface area contributed by atoms with Gasteiger partial charge in [-0.05, 0) is 25.1 Å². The Morgan fingerprint density at radius 1 is 1.32 bits per heavy atom. The molecule has 0 spiro atoms. The Kier molecular flexibility index (Phi) is 4.15. The van der Waals surface area contributed by atoms with E-state index in [4.69, 9.17) is 14.2 Å². The van der Waals surface area contributed by atoms with E-state index in [9.17, 15) is 9.59 Å². The molecule has 7 heteroatoms. The van der Waals surface area contributed by atoms with Gasteiger partial charge in [-0.15, -0.1) is 0 Å². The lowest BCUT2D eigenvalue weighted by Gasteiger charge is -2.31.